The second-order valence-electron chi connectivity index (χ2n) is 4.47. The maximum Gasteiger partial charge on any atom is 0.364 e. The van der Waals surface area contributed by atoms with Crippen LogP contribution < -0.4 is 0 Å². The molecule has 0 amide bonds. The summed E-state index contributed by atoms with van der Waals surface area (Å²) in [5.74, 6) is 0.773. The van der Waals surface area contributed by atoms with Crippen LogP contribution in [0.15, 0.2) is 76.8 Å². The molecule has 0 spiro atoms. The molecule has 0 fully saturated rings. The Morgan fingerprint density at radius 1 is 1.00 bits per heavy atom. The summed E-state index contributed by atoms with van der Waals surface area (Å²) >= 11 is 1.53. The highest BCUT2D eigenvalue weighted by Crippen LogP contribution is 2.21. The Morgan fingerprint density at radius 2 is 1.67 bits per heavy atom. The molecule has 0 bridgehead atoms. The van der Waals surface area contributed by atoms with Gasteiger partial charge in [0.1, 0.15) is 0 Å². The first-order valence-electron chi connectivity index (χ1n) is 6.55. The van der Waals surface area contributed by atoms with E-state index in [1.54, 1.807) is 5.41 Å². The largest absolute Gasteiger partial charge is 0.402 e. The van der Waals surface area contributed by atoms with Crippen LogP contribution in [0.2, 0.25) is 0 Å². The van der Waals surface area contributed by atoms with Crippen molar-refractivity contribution in [2.24, 2.45) is 4.99 Å². The smallest absolute Gasteiger partial charge is 0.364 e. The lowest BCUT2D eigenvalue weighted by Crippen LogP contribution is -2.04. The Balaban J connectivity index is 1.69. The summed E-state index contributed by atoms with van der Waals surface area (Å²) in [7, 11) is 0. The number of cyclic esters (lactones) is 1. The van der Waals surface area contributed by atoms with Crippen LogP contribution in [-0.2, 0) is 15.3 Å². The average Bonchev–Trinajstić information content (AvgIpc) is 2.91. The number of ether oxygens (including phenoxy) is 1. The van der Waals surface area contributed by atoms with E-state index in [2.05, 4.69) is 17.1 Å². The molecule has 2 aromatic carbocycles. The van der Waals surface area contributed by atoms with Crippen LogP contribution in [0.1, 0.15) is 11.1 Å². The van der Waals surface area contributed by atoms with Gasteiger partial charge in [-0.15, -0.1) is 11.8 Å². The van der Waals surface area contributed by atoms with E-state index in [0.717, 1.165) is 11.3 Å². The Morgan fingerprint density at radius 3 is 2.38 bits per heavy atom. The van der Waals surface area contributed by atoms with Crippen LogP contribution in [0.5, 0.6) is 0 Å². The topological polar surface area (TPSA) is 38.7 Å². The first-order valence-corrected chi connectivity index (χ1v) is 7.60. The van der Waals surface area contributed by atoms with Crippen molar-refractivity contribution >= 4 is 23.6 Å². The monoisotopic (exact) mass is 295 g/mol. The van der Waals surface area contributed by atoms with Crippen molar-refractivity contribution in [1.82, 2.24) is 0 Å². The zero-order chi connectivity index (χ0) is 14.5. The fraction of sp³-hybridized carbons (Fsp3) is 0.0588. The average molecular weight is 295 g/mol. The number of carbonyl (C=O) groups excluding carboxylic acids is 1. The zero-order valence-corrected chi connectivity index (χ0v) is 12.0. The first-order chi connectivity index (χ1) is 10.3. The van der Waals surface area contributed by atoms with Gasteiger partial charge in [-0.2, -0.15) is 0 Å². The second-order valence-corrected chi connectivity index (χ2v) is 5.33. The minimum absolute atomic E-state index is 0.356. The Labute approximate surface area is 127 Å². The highest BCUT2D eigenvalue weighted by Gasteiger charge is 2.23. The van der Waals surface area contributed by atoms with Gasteiger partial charge in [0.2, 0.25) is 5.90 Å². The molecule has 104 valence electrons. The molecule has 1 heterocycles. The molecule has 21 heavy (non-hydrogen) atoms. The normalized spacial score (nSPS) is 15.9. The van der Waals surface area contributed by atoms with E-state index in [4.69, 9.17) is 4.74 Å². The molecular formula is C17H13NO2S. The van der Waals surface area contributed by atoms with Crippen molar-refractivity contribution in [3.63, 3.8) is 0 Å². The molecule has 0 atom stereocenters. The molecular weight excluding hydrogens is 282 g/mol. The summed E-state index contributed by atoms with van der Waals surface area (Å²) in [5.41, 5.74) is 2.37. The molecule has 2 aromatic rings. The Hall–Kier alpha value is -2.33. The Kier molecular flexibility index (Phi) is 4.17. The number of hydrogen-bond donors (Lipinski definition) is 0. The third kappa shape index (κ3) is 3.41. The van der Waals surface area contributed by atoms with Gasteiger partial charge in [0.05, 0.1) is 0 Å². The van der Waals surface area contributed by atoms with Gasteiger partial charge < -0.3 is 4.74 Å². The van der Waals surface area contributed by atoms with E-state index in [9.17, 15) is 4.79 Å². The lowest BCUT2D eigenvalue weighted by atomic mass is 10.2. The van der Waals surface area contributed by atoms with E-state index in [1.807, 2.05) is 48.5 Å². The molecule has 3 nitrogen and oxygen atoms in total. The molecule has 1 aliphatic rings. The Bertz CT molecular complexity index is 693. The van der Waals surface area contributed by atoms with E-state index in [-0.39, 0.29) is 0 Å². The van der Waals surface area contributed by atoms with Gasteiger partial charge in [-0.3, -0.25) is 0 Å². The van der Waals surface area contributed by atoms with E-state index in [1.165, 1.54) is 17.3 Å². The van der Waals surface area contributed by atoms with Crippen LogP contribution in [0.3, 0.4) is 0 Å². The summed E-state index contributed by atoms with van der Waals surface area (Å²) in [6.07, 6.45) is 0. The van der Waals surface area contributed by atoms with Crippen LogP contribution >= 0.6 is 11.8 Å². The third-order valence-corrected chi connectivity index (χ3v) is 3.82. The number of carbonyl (C=O) groups is 1. The van der Waals surface area contributed by atoms with E-state index in [0.29, 0.717) is 11.6 Å². The van der Waals surface area contributed by atoms with Crippen LogP contribution in [-0.4, -0.2) is 11.9 Å². The molecule has 0 saturated heterocycles. The SMILES string of the molecule is O=C1OC(c2ccccc2)=N/C1=C/SCc1ccccc1. The summed E-state index contributed by atoms with van der Waals surface area (Å²) in [6.45, 7) is 0. The standard InChI is InChI=1S/C17H13NO2S/c19-17-15(12-21-11-13-7-3-1-4-8-13)18-16(20-17)14-9-5-2-6-10-14/h1-10,12H,11H2/b15-12+. The van der Waals surface area contributed by atoms with Gasteiger partial charge in [0, 0.05) is 16.7 Å². The number of aliphatic imine (C=N–C) groups is 1. The van der Waals surface area contributed by atoms with Gasteiger partial charge in [0.15, 0.2) is 5.70 Å². The second kappa shape index (κ2) is 6.41. The van der Waals surface area contributed by atoms with Crippen molar-refractivity contribution in [2.45, 2.75) is 5.75 Å². The number of esters is 1. The van der Waals surface area contributed by atoms with Crippen molar-refractivity contribution in [3.05, 3.63) is 82.9 Å². The predicted molar refractivity (Wildman–Crippen MR) is 84.9 cm³/mol. The molecule has 0 saturated carbocycles. The van der Waals surface area contributed by atoms with Gasteiger partial charge in [-0.1, -0.05) is 48.5 Å². The number of hydrogen-bond acceptors (Lipinski definition) is 4. The van der Waals surface area contributed by atoms with Gasteiger partial charge in [-0.05, 0) is 17.7 Å². The molecule has 0 aromatic heterocycles. The molecule has 1 aliphatic heterocycles. The lowest BCUT2D eigenvalue weighted by Gasteiger charge is -1.97. The number of rotatable bonds is 4. The summed E-state index contributed by atoms with van der Waals surface area (Å²) in [4.78, 5) is 16.0. The van der Waals surface area contributed by atoms with Crippen molar-refractivity contribution < 1.29 is 9.53 Å². The van der Waals surface area contributed by atoms with Crippen molar-refractivity contribution in [2.75, 3.05) is 0 Å². The number of thioether (sulfide) groups is 1. The minimum Gasteiger partial charge on any atom is -0.402 e. The molecule has 0 aliphatic carbocycles. The van der Waals surface area contributed by atoms with Crippen molar-refractivity contribution in [1.29, 1.82) is 0 Å². The fourth-order valence-corrected chi connectivity index (χ4v) is 2.66. The van der Waals surface area contributed by atoms with Crippen LogP contribution in [0.25, 0.3) is 0 Å². The lowest BCUT2D eigenvalue weighted by molar-refractivity contribution is -0.130. The maximum atomic E-state index is 11.8. The van der Waals surface area contributed by atoms with Gasteiger partial charge >= 0.3 is 5.97 Å². The molecule has 0 unspecified atom stereocenters. The number of nitrogens with zero attached hydrogens (tertiary/aromatic N) is 1. The quantitative estimate of drug-likeness (QED) is 0.636. The molecule has 3 rings (SSSR count). The van der Waals surface area contributed by atoms with Crippen LogP contribution in [0, 0.1) is 0 Å². The van der Waals surface area contributed by atoms with Gasteiger partial charge in [0.25, 0.3) is 0 Å². The highest BCUT2D eigenvalue weighted by molar-refractivity contribution is 8.01. The molecule has 0 N–H and O–H groups in total. The highest BCUT2D eigenvalue weighted by atomic mass is 32.2. The summed E-state index contributed by atoms with van der Waals surface area (Å²) in [5, 5.41) is 1.76. The van der Waals surface area contributed by atoms with Gasteiger partial charge in [-0.25, -0.2) is 9.79 Å². The summed E-state index contributed by atoms with van der Waals surface area (Å²) in [6, 6.07) is 19.5. The van der Waals surface area contributed by atoms with Crippen LogP contribution in [0.4, 0.5) is 0 Å². The molecule has 0 radical (unpaired) electrons. The third-order valence-electron chi connectivity index (χ3n) is 2.93. The summed E-state index contributed by atoms with van der Waals surface area (Å²) < 4.78 is 5.19. The number of benzene rings is 2. The van der Waals surface area contributed by atoms with Crippen molar-refractivity contribution in [3.8, 4) is 0 Å². The van der Waals surface area contributed by atoms with E-state index >= 15 is 0 Å². The maximum absolute atomic E-state index is 11.8. The fourth-order valence-electron chi connectivity index (χ4n) is 1.89. The molecule has 4 heteroatoms. The first kappa shape index (κ1) is 13.6. The zero-order valence-electron chi connectivity index (χ0n) is 11.2. The minimum atomic E-state index is -0.394. The van der Waals surface area contributed by atoms with E-state index < -0.39 is 5.97 Å². The predicted octanol–water partition coefficient (Wildman–Crippen LogP) is 3.76.